The second-order valence-electron chi connectivity index (χ2n) is 6.97. The summed E-state index contributed by atoms with van der Waals surface area (Å²) >= 11 is 8.51. The average Bonchev–Trinajstić information content (AvgIpc) is 3.18. The van der Waals surface area contributed by atoms with E-state index in [-0.39, 0.29) is 23.3 Å². The summed E-state index contributed by atoms with van der Waals surface area (Å²) in [6.45, 7) is 0.321. The Morgan fingerprint density at radius 1 is 1.29 bits per heavy atom. The zero-order valence-corrected chi connectivity index (χ0v) is 18.8. The van der Waals surface area contributed by atoms with E-state index in [1.54, 1.807) is 11.4 Å². The Morgan fingerprint density at radius 2 is 2.10 bits per heavy atom. The van der Waals surface area contributed by atoms with Crippen LogP contribution in [0.2, 0.25) is 5.02 Å². The van der Waals surface area contributed by atoms with Crippen LogP contribution in [0.15, 0.2) is 42.5 Å². The van der Waals surface area contributed by atoms with Gasteiger partial charge in [0.2, 0.25) is 11.8 Å². The minimum Gasteiger partial charge on any atom is -0.348 e. The van der Waals surface area contributed by atoms with Crippen molar-refractivity contribution in [1.29, 1.82) is 0 Å². The van der Waals surface area contributed by atoms with Crippen molar-refractivity contribution >= 4 is 62.8 Å². The van der Waals surface area contributed by atoms with E-state index in [1.165, 1.54) is 41.7 Å². The van der Waals surface area contributed by atoms with E-state index in [9.17, 15) is 14.0 Å². The van der Waals surface area contributed by atoms with Crippen LogP contribution in [0.1, 0.15) is 11.4 Å². The Hall–Kier alpha value is -2.24. The van der Waals surface area contributed by atoms with Gasteiger partial charge in [0.1, 0.15) is 16.9 Å². The lowest BCUT2D eigenvalue weighted by Gasteiger charge is -2.34. The number of hydrogen-bond acceptors (Lipinski definition) is 7. The smallest absolute Gasteiger partial charge is 0.242 e. The van der Waals surface area contributed by atoms with Crippen LogP contribution in [0.25, 0.3) is 10.2 Å². The molecule has 3 N–H and O–H groups in total. The van der Waals surface area contributed by atoms with Crippen molar-refractivity contribution in [2.24, 2.45) is 0 Å². The number of benzene rings is 2. The van der Waals surface area contributed by atoms with Crippen molar-refractivity contribution in [2.75, 3.05) is 12.4 Å². The molecule has 1 aromatic heterocycles. The standard InChI is InChI=1S/C20H19ClFN5O2S2/c1-27-16(20(29)24-11-6-7-13(22)12(21)8-11)9-15(26-31-27)19(28)23-10-18-25-14-4-2-3-5-17(14)30-18/h2-8,15-16,26H,9-10H2,1H3,(H,23,28)(H,24,29). The predicted molar refractivity (Wildman–Crippen MR) is 122 cm³/mol. The molecule has 2 heterocycles. The fourth-order valence-electron chi connectivity index (χ4n) is 3.14. The van der Waals surface area contributed by atoms with Crippen molar-refractivity contribution in [3.05, 3.63) is 58.3 Å². The summed E-state index contributed by atoms with van der Waals surface area (Å²) in [5, 5.41) is 6.37. The normalized spacial score (nSPS) is 19.3. The second kappa shape index (κ2) is 9.49. The van der Waals surface area contributed by atoms with Gasteiger partial charge < -0.3 is 10.6 Å². The number of nitrogens with zero attached hydrogens (tertiary/aromatic N) is 2. The fourth-order valence-corrected chi connectivity index (χ4v) is 5.04. The maximum absolute atomic E-state index is 13.3. The number of carbonyl (C=O) groups excluding carboxylic acids is 2. The molecular weight excluding hydrogens is 461 g/mol. The zero-order valence-electron chi connectivity index (χ0n) is 16.4. The van der Waals surface area contributed by atoms with Gasteiger partial charge in [0.25, 0.3) is 0 Å². The minimum absolute atomic E-state index is 0.0713. The second-order valence-corrected chi connectivity index (χ2v) is 9.49. The largest absolute Gasteiger partial charge is 0.348 e. The summed E-state index contributed by atoms with van der Waals surface area (Å²) in [4.78, 5) is 29.9. The molecule has 1 saturated heterocycles. The highest BCUT2D eigenvalue weighted by atomic mass is 35.5. The number of thiazole rings is 1. The summed E-state index contributed by atoms with van der Waals surface area (Å²) in [6.07, 6.45) is 0.274. The van der Waals surface area contributed by atoms with Crippen LogP contribution in [-0.4, -0.2) is 40.2 Å². The summed E-state index contributed by atoms with van der Waals surface area (Å²) in [7, 11) is 1.76. The first-order valence-electron chi connectivity index (χ1n) is 9.44. The van der Waals surface area contributed by atoms with Gasteiger partial charge in [-0.15, -0.1) is 11.3 Å². The Kier molecular flexibility index (Phi) is 6.73. The van der Waals surface area contributed by atoms with E-state index >= 15 is 0 Å². The Balaban J connectivity index is 1.36. The van der Waals surface area contributed by atoms with E-state index in [0.717, 1.165) is 15.2 Å². The Labute approximate surface area is 191 Å². The van der Waals surface area contributed by atoms with Crippen molar-refractivity contribution < 1.29 is 14.0 Å². The van der Waals surface area contributed by atoms with Crippen LogP contribution in [0.5, 0.6) is 0 Å². The number of para-hydroxylation sites is 1. The van der Waals surface area contributed by atoms with Gasteiger partial charge in [-0.3, -0.25) is 9.59 Å². The van der Waals surface area contributed by atoms with E-state index in [0.29, 0.717) is 12.2 Å². The molecule has 0 bridgehead atoms. The highest BCUT2D eigenvalue weighted by Crippen LogP contribution is 2.25. The SMILES string of the molecule is CN1SNC(C(=O)NCc2nc3ccccc3s2)CC1C(=O)Nc1ccc(F)c(Cl)c1. The third-order valence-electron chi connectivity index (χ3n) is 4.80. The van der Waals surface area contributed by atoms with Crippen LogP contribution in [-0.2, 0) is 16.1 Å². The van der Waals surface area contributed by atoms with Gasteiger partial charge in [0, 0.05) is 17.8 Å². The monoisotopic (exact) mass is 479 g/mol. The fraction of sp³-hybridized carbons (Fsp3) is 0.250. The minimum atomic E-state index is -0.562. The zero-order chi connectivity index (χ0) is 22.0. The number of halogens is 2. The van der Waals surface area contributed by atoms with Crippen molar-refractivity contribution in [1.82, 2.24) is 19.3 Å². The quantitative estimate of drug-likeness (QED) is 0.485. The number of carbonyl (C=O) groups is 2. The first kappa shape index (κ1) is 22.0. The number of amides is 2. The molecule has 2 atom stereocenters. The first-order valence-corrected chi connectivity index (χ1v) is 11.4. The van der Waals surface area contributed by atoms with E-state index in [4.69, 9.17) is 11.6 Å². The number of nitrogens with one attached hydrogen (secondary N) is 3. The van der Waals surface area contributed by atoms with Gasteiger partial charge in [-0.2, -0.15) is 0 Å². The maximum Gasteiger partial charge on any atom is 0.242 e. The number of likely N-dealkylation sites (N-methyl/N-ethyl adjacent to an activating group) is 1. The van der Waals surface area contributed by atoms with Crippen LogP contribution in [0.4, 0.5) is 10.1 Å². The molecule has 11 heteroatoms. The van der Waals surface area contributed by atoms with E-state index in [2.05, 4.69) is 20.3 Å². The van der Waals surface area contributed by atoms with Gasteiger partial charge in [0.15, 0.2) is 0 Å². The molecule has 1 aliphatic rings. The summed E-state index contributed by atoms with van der Waals surface area (Å²) in [6, 6.07) is 10.7. The number of rotatable bonds is 5. The predicted octanol–water partition coefficient (Wildman–Crippen LogP) is 3.57. The molecule has 0 aliphatic carbocycles. The Morgan fingerprint density at radius 3 is 2.87 bits per heavy atom. The lowest BCUT2D eigenvalue weighted by Crippen LogP contribution is -2.53. The highest BCUT2D eigenvalue weighted by molar-refractivity contribution is 7.95. The summed E-state index contributed by atoms with van der Waals surface area (Å²) in [5.41, 5.74) is 1.30. The molecule has 1 aliphatic heterocycles. The molecule has 2 amide bonds. The van der Waals surface area contributed by atoms with Crippen molar-refractivity contribution in [3.63, 3.8) is 0 Å². The maximum atomic E-state index is 13.3. The van der Waals surface area contributed by atoms with Crippen LogP contribution in [0, 0.1) is 5.82 Å². The average molecular weight is 480 g/mol. The van der Waals surface area contributed by atoms with Gasteiger partial charge in [-0.05, 0) is 43.8 Å². The molecule has 1 fully saturated rings. The highest BCUT2D eigenvalue weighted by Gasteiger charge is 2.35. The molecule has 4 rings (SSSR count). The number of anilines is 1. The molecule has 0 radical (unpaired) electrons. The molecule has 0 saturated carbocycles. The number of fused-ring (bicyclic) bond motifs is 1. The Bertz CT molecular complexity index is 1090. The van der Waals surface area contributed by atoms with Crippen LogP contribution in [0.3, 0.4) is 0 Å². The van der Waals surface area contributed by atoms with Crippen molar-refractivity contribution in [2.45, 2.75) is 25.0 Å². The molecule has 2 unspecified atom stereocenters. The molecule has 3 aromatic rings. The molecular formula is C20H19ClFN5O2S2. The van der Waals surface area contributed by atoms with Crippen molar-refractivity contribution in [3.8, 4) is 0 Å². The molecule has 7 nitrogen and oxygen atoms in total. The van der Waals surface area contributed by atoms with Gasteiger partial charge >= 0.3 is 0 Å². The molecule has 162 valence electrons. The van der Waals surface area contributed by atoms with Gasteiger partial charge in [0.05, 0.1) is 27.8 Å². The number of hydrogen-bond donors (Lipinski definition) is 3. The summed E-state index contributed by atoms with van der Waals surface area (Å²) < 4.78 is 19.2. The van der Waals surface area contributed by atoms with Crippen LogP contribution >= 0.6 is 35.1 Å². The van der Waals surface area contributed by atoms with E-state index < -0.39 is 17.9 Å². The molecule has 2 aromatic carbocycles. The summed E-state index contributed by atoms with van der Waals surface area (Å²) in [5.74, 6) is -1.07. The van der Waals surface area contributed by atoms with E-state index in [1.807, 2.05) is 24.3 Å². The topological polar surface area (TPSA) is 86.4 Å². The lowest BCUT2D eigenvalue weighted by molar-refractivity contribution is -0.124. The third-order valence-corrected chi connectivity index (χ3v) is 7.05. The van der Waals surface area contributed by atoms with Crippen LogP contribution < -0.4 is 15.4 Å². The van der Waals surface area contributed by atoms with Gasteiger partial charge in [-0.1, -0.05) is 23.7 Å². The van der Waals surface area contributed by atoms with Gasteiger partial charge in [-0.25, -0.2) is 18.4 Å². The molecule has 0 spiro atoms. The number of aromatic nitrogens is 1. The lowest BCUT2D eigenvalue weighted by atomic mass is 10.1. The third kappa shape index (κ3) is 5.16. The first-order chi connectivity index (χ1) is 14.9. The molecule has 31 heavy (non-hydrogen) atoms.